The van der Waals surface area contributed by atoms with Crippen LogP contribution in [-0.2, 0) is 0 Å². The van der Waals surface area contributed by atoms with Crippen LogP contribution in [0.5, 0.6) is 6.01 Å². The quantitative estimate of drug-likeness (QED) is 0.802. The van der Waals surface area contributed by atoms with Crippen molar-refractivity contribution < 1.29 is 4.74 Å². The average Bonchev–Trinajstić information content (AvgIpc) is 2.01. The van der Waals surface area contributed by atoms with Crippen LogP contribution in [0, 0.1) is 0 Å². The molecule has 5 nitrogen and oxygen atoms in total. The van der Waals surface area contributed by atoms with Crippen LogP contribution in [0.15, 0.2) is 0 Å². The maximum atomic E-state index is 5.63. The summed E-state index contributed by atoms with van der Waals surface area (Å²) in [5.41, 5.74) is 0. The SMILES string of the molecule is COc1nc(Cl)nc(NC(C)C)n1. The van der Waals surface area contributed by atoms with Gasteiger partial charge in [0.2, 0.25) is 11.2 Å². The maximum absolute atomic E-state index is 5.63. The lowest BCUT2D eigenvalue weighted by atomic mass is 10.4. The third-order valence-corrected chi connectivity index (χ3v) is 1.36. The Bertz CT molecular complexity index is 292. The molecule has 0 aliphatic heterocycles. The molecule has 0 saturated carbocycles. The van der Waals surface area contributed by atoms with Crippen molar-refractivity contribution in [3.8, 4) is 6.01 Å². The highest BCUT2D eigenvalue weighted by atomic mass is 35.5. The minimum atomic E-state index is 0.120. The van der Waals surface area contributed by atoms with Crippen molar-refractivity contribution in [2.75, 3.05) is 12.4 Å². The molecule has 1 rings (SSSR count). The van der Waals surface area contributed by atoms with Gasteiger partial charge >= 0.3 is 6.01 Å². The highest BCUT2D eigenvalue weighted by Gasteiger charge is 2.05. The molecule has 0 radical (unpaired) electrons. The van der Waals surface area contributed by atoms with Gasteiger partial charge in [0.05, 0.1) is 7.11 Å². The van der Waals surface area contributed by atoms with E-state index in [0.717, 1.165) is 0 Å². The lowest BCUT2D eigenvalue weighted by Gasteiger charge is -2.08. The zero-order valence-electron chi connectivity index (χ0n) is 7.71. The van der Waals surface area contributed by atoms with Crippen molar-refractivity contribution in [2.24, 2.45) is 0 Å². The number of halogens is 1. The molecular weight excluding hydrogens is 192 g/mol. The van der Waals surface area contributed by atoms with Gasteiger partial charge in [-0.05, 0) is 25.4 Å². The molecule has 0 aliphatic carbocycles. The zero-order chi connectivity index (χ0) is 9.84. The van der Waals surface area contributed by atoms with Gasteiger partial charge in [-0.2, -0.15) is 15.0 Å². The summed E-state index contributed by atoms with van der Waals surface area (Å²) >= 11 is 5.63. The number of hydrogen-bond donors (Lipinski definition) is 1. The molecule has 0 bridgehead atoms. The smallest absolute Gasteiger partial charge is 0.322 e. The van der Waals surface area contributed by atoms with E-state index in [0.29, 0.717) is 5.95 Å². The summed E-state index contributed by atoms with van der Waals surface area (Å²) in [6, 6.07) is 0.450. The topological polar surface area (TPSA) is 59.9 Å². The van der Waals surface area contributed by atoms with Crippen molar-refractivity contribution in [3.63, 3.8) is 0 Å². The number of methoxy groups -OCH3 is 1. The number of hydrogen-bond acceptors (Lipinski definition) is 5. The Balaban J connectivity index is 2.88. The van der Waals surface area contributed by atoms with Crippen LogP contribution in [0.1, 0.15) is 13.8 Å². The monoisotopic (exact) mass is 202 g/mol. The lowest BCUT2D eigenvalue weighted by molar-refractivity contribution is 0.378. The van der Waals surface area contributed by atoms with E-state index in [4.69, 9.17) is 16.3 Å². The van der Waals surface area contributed by atoms with Crippen LogP contribution in [-0.4, -0.2) is 28.1 Å². The van der Waals surface area contributed by atoms with E-state index >= 15 is 0 Å². The second kappa shape index (κ2) is 4.23. The summed E-state index contributed by atoms with van der Waals surface area (Å²) in [5, 5.41) is 3.11. The van der Waals surface area contributed by atoms with E-state index in [2.05, 4.69) is 20.3 Å². The summed E-state index contributed by atoms with van der Waals surface area (Å²) in [6.07, 6.45) is 0. The number of nitrogens with zero attached hydrogens (tertiary/aromatic N) is 3. The van der Waals surface area contributed by atoms with Gasteiger partial charge in [0.1, 0.15) is 0 Å². The molecular formula is C7H11ClN4O. The molecule has 1 heterocycles. The summed E-state index contributed by atoms with van der Waals surface area (Å²) in [4.78, 5) is 11.6. The minimum absolute atomic E-state index is 0.120. The van der Waals surface area contributed by atoms with Gasteiger partial charge in [0.15, 0.2) is 0 Å². The minimum Gasteiger partial charge on any atom is -0.467 e. The normalized spacial score (nSPS) is 10.2. The van der Waals surface area contributed by atoms with Crippen molar-refractivity contribution in [2.45, 2.75) is 19.9 Å². The lowest BCUT2D eigenvalue weighted by Crippen LogP contribution is -2.13. The number of rotatable bonds is 3. The first kappa shape index (κ1) is 9.98. The first-order valence-corrected chi connectivity index (χ1v) is 4.21. The number of ether oxygens (including phenoxy) is 1. The molecule has 13 heavy (non-hydrogen) atoms. The molecule has 0 atom stereocenters. The molecule has 0 aliphatic rings. The van der Waals surface area contributed by atoms with Crippen LogP contribution >= 0.6 is 11.6 Å². The average molecular weight is 203 g/mol. The fraction of sp³-hybridized carbons (Fsp3) is 0.571. The molecule has 6 heteroatoms. The number of aromatic nitrogens is 3. The van der Waals surface area contributed by atoms with E-state index in [9.17, 15) is 0 Å². The molecule has 0 aromatic carbocycles. The third-order valence-electron chi connectivity index (χ3n) is 1.19. The van der Waals surface area contributed by atoms with Gasteiger partial charge in [0.25, 0.3) is 0 Å². The Labute approximate surface area is 81.5 Å². The molecule has 0 amide bonds. The van der Waals surface area contributed by atoms with Gasteiger partial charge in [0, 0.05) is 6.04 Å². The van der Waals surface area contributed by atoms with Crippen LogP contribution in [0.25, 0.3) is 0 Å². The number of anilines is 1. The Hall–Kier alpha value is -1.10. The number of nitrogens with one attached hydrogen (secondary N) is 1. The second-order valence-corrected chi connectivity index (χ2v) is 3.05. The Morgan fingerprint density at radius 1 is 1.31 bits per heavy atom. The highest BCUT2D eigenvalue weighted by Crippen LogP contribution is 2.11. The van der Waals surface area contributed by atoms with Gasteiger partial charge < -0.3 is 10.1 Å². The molecule has 0 unspecified atom stereocenters. The summed E-state index contributed by atoms with van der Waals surface area (Å²) in [6.45, 7) is 3.95. The molecule has 0 fully saturated rings. The fourth-order valence-corrected chi connectivity index (χ4v) is 0.898. The molecule has 1 aromatic heterocycles. The molecule has 0 spiro atoms. The Morgan fingerprint density at radius 3 is 2.54 bits per heavy atom. The van der Waals surface area contributed by atoms with Crippen LogP contribution in [0.4, 0.5) is 5.95 Å². The van der Waals surface area contributed by atoms with Crippen molar-refractivity contribution >= 4 is 17.5 Å². The maximum Gasteiger partial charge on any atom is 0.322 e. The third kappa shape index (κ3) is 3.02. The summed E-state index contributed by atoms with van der Waals surface area (Å²) in [7, 11) is 1.48. The van der Waals surface area contributed by atoms with Crippen molar-refractivity contribution in [1.82, 2.24) is 15.0 Å². The molecule has 1 aromatic rings. The predicted octanol–water partition coefficient (Wildman–Crippen LogP) is 1.35. The Morgan fingerprint density at radius 2 is 2.00 bits per heavy atom. The van der Waals surface area contributed by atoms with E-state index < -0.39 is 0 Å². The van der Waals surface area contributed by atoms with Crippen molar-refractivity contribution in [3.05, 3.63) is 5.28 Å². The van der Waals surface area contributed by atoms with Crippen LogP contribution in [0.2, 0.25) is 5.28 Å². The van der Waals surface area contributed by atoms with Gasteiger partial charge in [-0.25, -0.2) is 0 Å². The van der Waals surface area contributed by atoms with Gasteiger partial charge in [-0.3, -0.25) is 0 Å². The van der Waals surface area contributed by atoms with Crippen molar-refractivity contribution in [1.29, 1.82) is 0 Å². The highest BCUT2D eigenvalue weighted by molar-refractivity contribution is 6.28. The van der Waals surface area contributed by atoms with Gasteiger partial charge in [-0.15, -0.1) is 0 Å². The van der Waals surface area contributed by atoms with E-state index in [1.54, 1.807) is 0 Å². The molecule has 0 saturated heterocycles. The van der Waals surface area contributed by atoms with E-state index in [-0.39, 0.29) is 17.3 Å². The van der Waals surface area contributed by atoms with Crippen LogP contribution in [0.3, 0.4) is 0 Å². The summed E-state index contributed by atoms with van der Waals surface area (Å²) < 4.78 is 4.83. The molecule has 72 valence electrons. The first-order valence-electron chi connectivity index (χ1n) is 3.84. The predicted molar refractivity (Wildman–Crippen MR) is 50.1 cm³/mol. The van der Waals surface area contributed by atoms with E-state index in [1.165, 1.54) is 7.11 Å². The second-order valence-electron chi connectivity index (χ2n) is 2.71. The summed E-state index contributed by atoms with van der Waals surface area (Å²) in [5.74, 6) is 0.423. The fourth-order valence-electron chi connectivity index (χ4n) is 0.746. The standard InChI is InChI=1S/C7H11ClN4O/c1-4(2)9-6-10-5(8)11-7(12-6)13-3/h4H,1-3H3,(H,9,10,11,12). The van der Waals surface area contributed by atoms with Crippen LogP contribution < -0.4 is 10.1 Å². The Kier molecular flexibility index (Phi) is 3.25. The zero-order valence-corrected chi connectivity index (χ0v) is 8.46. The largest absolute Gasteiger partial charge is 0.467 e. The van der Waals surface area contributed by atoms with Gasteiger partial charge in [-0.1, -0.05) is 0 Å². The first-order chi connectivity index (χ1) is 6.11. The van der Waals surface area contributed by atoms with E-state index in [1.807, 2.05) is 13.8 Å². The molecule has 1 N–H and O–H groups in total.